The van der Waals surface area contributed by atoms with E-state index >= 15 is 0 Å². The SMILES string of the molecule is Nc1nc(-c2cc(-c3ccon3)n(Cc3ccccc3F)n2)ncc1NC(=O)c1ccccc1CCl. The lowest BCUT2D eigenvalue weighted by molar-refractivity contribution is 0.102. The quantitative estimate of drug-likeness (QED) is 0.307. The van der Waals surface area contributed by atoms with Gasteiger partial charge in [0.1, 0.15) is 29.2 Å². The van der Waals surface area contributed by atoms with E-state index in [0.29, 0.717) is 33.8 Å². The largest absolute Gasteiger partial charge is 0.382 e. The first-order valence-corrected chi connectivity index (χ1v) is 11.4. The number of anilines is 2. The molecule has 2 aromatic carbocycles. The van der Waals surface area contributed by atoms with Gasteiger partial charge >= 0.3 is 0 Å². The van der Waals surface area contributed by atoms with Crippen LogP contribution in [-0.2, 0) is 12.4 Å². The van der Waals surface area contributed by atoms with E-state index in [-0.39, 0.29) is 41.5 Å². The van der Waals surface area contributed by atoms with Crippen molar-refractivity contribution in [3.05, 3.63) is 95.6 Å². The molecule has 3 heterocycles. The van der Waals surface area contributed by atoms with Crippen LogP contribution < -0.4 is 11.1 Å². The number of benzene rings is 2. The molecule has 11 heteroatoms. The van der Waals surface area contributed by atoms with Crippen molar-refractivity contribution in [2.45, 2.75) is 12.4 Å². The zero-order valence-electron chi connectivity index (χ0n) is 18.7. The molecule has 0 unspecified atom stereocenters. The topological polar surface area (TPSA) is 125 Å². The standard InChI is InChI=1S/C25H19ClFN7O2/c26-12-15-5-1-3-7-17(15)25(35)30-21-13-29-24(31-23(21)28)20-11-22(19-9-10-36-33-19)34(32-20)14-16-6-2-4-8-18(16)27/h1-11,13H,12,14H2,(H,30,35)(H2,28,29,31). The smallest absolute Gasteiger partial charge is 0.256 e. The summed E-state index contributed by atoms with van der Waals surface area (Å²) in [5.41, 5.74) is 9.44. The van der Waals surface area contributed by atoms with Crippen LogP contribution >= 0.6 is 11.6 Å². The lowest BCUT2D eigenvalue weighted by Gasteiger charge is -2.10. The zero-order valence-corrected chi connectivity index (χ0v) is 19.5. The number of nitrogens with one attached hydrogen (secondary N) is 1. The van der Waals surface area contributed by atoms with Crippen LogP contribution in [0.1, 0.15) is 21.5 Å². The lowest BCUT2D eigenvalue weighted by Crippen LogP contribution is -2.16. The van der Waals surface area contributed by atoms with Crippen LogP contribution in [0, 0.1) is 5.82 Å². The summed E-state index contributed by atoms with van der Waals surface area (Å²) in [6, 6.07) is 16.8. The summed E-state index contributed by atoms with van der Waals surface area (Å²) in [7, 11) is 0. The molecular weight excluding hydrogens is 485 g/mol. The van der Waals surface area contributed by atoms with Gasteiger partial charge in [0, 0.05) is 23.1 Å². The maximum atomic E-state index is 14.3. The van der Waals surface area contributed by atoms with Crippen molar-refractivity contribution >= 4 is 29.0 Å². The van der Waals surface area contributed by atoms with Crippen molar-refractivity contribution < 1.29 is 13.7 Å². The van der Waals surface area contributed by atoms with E-state index in [1.807, 2.05) is 0 Å². The van der Waals surface area contributed by atoms with E-state index in [1.54, 1.807) is 59.3 Å². The van der Waals surface area contributed by atoms with Crippen molar-refractivity contribution in [2.24, 2.45) is 0 Å². The highest BCUT2D eigenvalue weighted by atomic mass is 35.5. The molecule has 3 aromatic heterocycles. The first-order chi connectivity index (χ1) is 17.5. The number of aromatic nitrogens is 5. The van der Waals surface area contributed by atoms with E-state index < -0.39 is 0 Å². The Morgan fingerprint density at radius 2 is 1.86 bits per heavy atom. The number of halogens is 2. The van der Waals surface area contributed by atoms with Gasteiger partial charge in [-0.2, -0.15) is 5.10 Å². The van der Waals surface area contributed by atoms with Crippen molar-refractivity contribution in [1.82, 2.24) is 24.9 Å². The Morgan fingerprint density at radius 1 is 1.08 bits per heavy atom. The van der Waals surface area contributed by atoms with Crippen LogP contribution in [0.15, 0.2) is 77.6 Å². The second kappa shape index (κ2) is 9.96. The number of nitrogens with two attached hydrogens (primary N) is 1. The third kappa shape index (κ3) is 4.66. The summed E-state index contributed by atoms with van der Waals surface area (Å²) >= 11 is 5.94. The highest BCUT2D eigenvalue weighted by Gasteiger charge is 2.19. The van der Waals surface area contributed by atoms with Crippen LogP contribution in [0.25, 0.3) is 22.9 Å². The summed E-state index contributed by atoms with van der Waals surface area (Å²) in [6.45, 7) is 0.151. The molecule has 0 aliphatic rings. The molecule has 0 saturated heterocycles. The molecule has 0 saturated carbocycles. The molecule has 36 heavy (non-hydrogen) atoms. The third-order valence-corrected chi connectivity index (χ3v) is 5.75. The van der Waals surface area contributed by atoms with Gasteiger partial charge in [0.15, 0.2) is 11.6 Å². The Hall–Kier alpha value is -4.57. The highest BCUT2D eigenvalue weighted by Crippen LogP contribution is 2.27. The fourth-order valence-corrected chi connectivity index (χ4v) is 3.88. The summed E-state index contributed by atoms with van der Waals surface area (Å²) in [4.78, 5) is 21.4. The molecule has 3 N–H and O–H groups in total. The highest BCUT2D eigenvalue weighted by molar-refractivity contribution is 6.18. The van der Waals surface area contributed by atoms with Gasteiger partial charge in [0.25, 0.3) is 5.91 Å². The molecule has 0 aliphatic heterocycles. The maximum absolute atomic E-state index is 14.3. The first-order valence-electron chi connectivity index (χ1n) is 10.8. The maximum Gasteiger partial charge on any atom is 0.256 e. The number of alkyl halides is 1. The number of hydrogen-bond donors (Lipinski definition) is 2. The molecule has 0 fully saturated rings. The van der Waals surface area contributed by atoms with Gasteiger partial charge in [0.05, 0.1) is 18.4 Å². The van der Waals surface area contributed by atoms with Gasteiger partial charge in [-0.1, -0.05) is 41.6 Å². The number of carbonyl (C=O) groups excluding carboxylic acids is 1. The Bertz CT molecular complexity index is 1540. The van der Waals surface area contributed by atoms with Crippen LogP contribution in [0.5, 0.6) is 0 Å². The Labute approximate surface area is 209 Å². The molecule has 0 radical (unpaired) electrons. The number of nitrogen functional groups attached to an aromatic ring is 1. The van der Waals surface area contributed by atoms with Crippen molar-refractivity contribution in [3.63, 3.8) is 0 Å². The summed E-state index contributed by atoms with van der Waals surface area (Å²) in [5.74, 6) is -0.251. The van der Waals surface area contributed by atoms with Gasteiger partial charge in [-0.3, -0.25) is 9.48 Å². The Kier molecular flexibility index (Phi) is 6.42. The molecule has 5 aromatic rings. The molecule has 0 spiro atoms. The Morgan fingerprint density at radius 3 is 2.58 bits per heavy atom. The van der Waals surface area contributed by atoms with Gasteiger partial charge in [-0.05, 0) is 23.8 Å². The predicted octanol–water partition coefficient (Wildman–Crippen LogP) is 4.76. The minimum Gasteiger partial charge on any atom is -0.382 e. The molecule has 0 aliphatic carbocycles. The molecular formula is C25H19ClFN7O2. The molecule has 9 nitrogen and oxygen atoms in total. The molecule has 0 bridgehead atoms. The van der Waals surface area contributed by atoms with Crippen molar-refractivity contribution in [1.29, 1.82) is 0 Å². The van der Waals surface area contributed by atoms with Gasteiger partial charge < -0.3 is 15.6 Å². The first kappa shape index (κ1) is 23.2. The second-order valence-corrected chi connectivity index (χ2v) is 8.05. The number of amides is 1. The number of rotatable bonds is 7. The van der Waals surface area contributed by atoms with Gasteiger partial charge in [-0.25, -0.2) is 14.4 Å². The Balaban J connectivity index is 1.45. The van der Waals surface area contributed by atoms with E-state index in [1.165, 1.54) is 18.5 Å². The van der Waals surface area contributed by atoms with Crippen LogP contribution in [0.4, 0.5) is 15.9 Å². The van der Waals surface area contributed by atoms with Crippen LogP contribution in [0.2, 0.25) is 0 Å². The minimum absolute atomic E-state index is 0.0587. The monoisotopic (exact) mass is 503 g/mol. The summed E-state index contributed by atoms with van der Waals surface area (Å²) in [6.07, 6.45) is 2.84. The predicted molar refractivity (Wildman–Crippen MR) is 133 cm³/mol. The van der Waals surface area contributed by atoms with Crippen LogP contribution in [0.3, 0.4) is 0 Å². The molecule has 180 valence electrons. The van der Waals surface area contributed by atoms with Crippen molar-refractivity contribution in [3.8, 4) is 22.9 Å². The summed E-state index contributed by atoms with van der Waals surface area (Å²) in [5, 5.41) is 11.3. The number of carbonyl (C=O) groups is 1. The van der Waals surface area contributed by atoms with E-state index in [9.17, 15) is 9.18 Å². The lowest BCUT2D eigenvalue weighted by atomic mass is 10.1. The van der Waals surface area contributed by atoms with Crippen molar-refractivity contribution in [2.75, 3.05) is 11.1 Å². The second-order valence-electron chi connectivity index (χ2n) is 7.79. The average Bonchev–Trinajstić information content (AvgIpc) is 3.57. The minimum atomic E-state index is -0.378. The van der Waals surface area contributed by atoms with Gasteiger partial charge in [0.2, 0.25) is 0 Å². The van der Waals surface area contributed by atoms with E-state index in [0.717, 1.165) is 0 Å². The molecule has 0 atom stereocenters. The molecule has 1 amide bonds. The average molecular weight is 504 g/mol. The summed E-state index contributed by atoms with van der Waals surface area (Å²) < 4.78 is 20.9. The molecule has 5 rings (SSSR count). The fraction of sp³-hybridized carbons (Fsp3) is 0.0800. The van der Waals surface area contributed by atoms with Crippen LogP contribution in [-0.4, -0.2) is 30.8 Å². The van der Waals surface area contributed by atoms with E-state index in [4.69, 9.17) is 21.9 Å². The normalized spacial score (nSPS) is 10.9. The number of nitrogens with zero attached hydrogens (tertiary/aromatic N) is 5. The number of hydrogen-bond acceptors (Lipinski definition) is 7. The third-order valence-electron chi connectivity index (χ3n) is 5.46. The zero-order chi connectivity index (χ0) is 25.1. The van der Waals surface area contributed by atoms with Gasteiger partial charge in [-0.15, -0.1) is 11.6 Å². The fourth-order valence-electron chi connectivity index (χ4n) is 3.65. The van der Waals surface area contributed by atoms with E-state index in [2.05, 4.69) is 25.5 Å².